The van der Waals surface area contributed by atoms with Crippen molar-refractivity contribution in [3.05, 3.63) is 0 Å². The second-order valence-electron chi connectivity index (χ2n) is 4.24. The lowest BCUT2D eigenvalue weighted by Gasteiger charge is -2.19. The molecule has 0 aliphatic carbocycles. The second-order valence-corrected chi connectivity index (χ2v) is 6.11. The first-order valence-corrected chi connectivity index (χ1v) is 8.05. The van der Waals surface area contributed by atoms with Crippen molar-refractivity contribution >= 4 is 10.2 Å². The lowest BCUT2D eigenvalue weighted by molar-refractivity contribution is 0.300. The predicted molar refractivity (Wildman–Crippen MR) is 75.6 cm³/mol. The Morgan fingerprint density at radius 1 is 1.11 bits per heavy atom. The maximum atomic E-state index is 11.8. The predicted octanol–water partition coefficient (Wildman–Crippen LogP) is -0.167. The molecule has 0 saturated heterocycles. The van der Waals surface area contributed by atoms with Crippen molar-refractivity contribution in [2.24, 2.45) is 5.73 Å². The summed E-state index contributed by atoms with van der Waals surface area (Å²) in [5, 5.41) is 0. The number of nitrogens with zero attached hydrogens (tertiary/aromatic N) is 2. The number of hydrogen-bond acceptors (Lipinski definition) is 4. The van der Waals surface area contributed by atoms with Gasteiger partial charge in [-0.2, -0.15) is 12.7 Å². The highest BCUT2D eigenvalue weighted by Gasteiger charge is 2.15. The molecule has 18 heavy (non-hydrogen) atoms. The van der Waals surface area contributed by atoms with Crippen LogP contribution in [0.1, 0.15) is 26.7 Å². The number of hydrogen-bond donors (Lipinski definition) is 2. The highest BCUT2D eigenvalue weighted by Crippen LogP contribution is 1.96. The molecule has 0 aromatic rings. The molecule has 6 nitrogen and oxygen atoms in total. The molecule has 0 unspecified atom stereocenters. The lowest BCUT2D eigenvalue weighted by atomic mass is 10.4. The van der Waals surface area contributed by atoms with Crippen LogP contribution in [-0.4, -0.2) is 63.9 Å². The van der Waals surface area contributed by atoms with Crippen LogP contribution >= 0.6 is 0 Å². The first-order chi connectivity index (χ1) is 8.47. The highest BCUT2D eigenvalue weighted by molar-refractivity contribution is 7.87. The SMILES string of the molecule is CCN(CC)CCCNS(=O)(=O)N(C)CCCN. The Balaban J connectivity index is 3.89. The number of nitrogens with one attached hydrogen (secondary N) is 1. The molecule has 0 heterocycles. The van der Waals surface area contributed by atoms with Crippen LogP contribution in [0.4, 0.5) is 0 Å². The van der Waals surface area contributed by atoms with Gasteiger partial charge in [-0.15, -0.1) is 0 Å². The van der Waals surface area contributed by atoms with Gasteiger partial charge in [0.25, 0.3) is 10.2 Å². The van der Waals surface area contributed by atoms with Crippen molar-refractivity contribution in [1.29, 1.82) is 0 Å². The van der Waals surface area contributed by atoms with Gasteiger partial charge in [-0.3, -0.25) is 0 Å². The van der Waals surface area contributed by atoms with Crippen molar-refractivity contribution < 1.29 is 8.42 Å². The van der Waals surface area contributed by atoms with Gasteiger partial charge in [-0.25, -0.2) is 4.72 Å². The maximum absolute atomic E-state index is 11.8. The van der Waals surface area contributed by atoms with E-state index in [0.29, 0.717) is 26.1 Å². The van der Waals surface area contributed by atoms with Crippen LogP contribution in [0.2, 0.25) is 0 Å². The molecule has 0 fully saturated rings. The normalized spacial score (nSPS) is 12.6. The molecule has 7 heteroatoms. The highest BCUT2D eigenvalue weighted by atomic mass is 32.2. The number of nitrogens with two attached hydrogens (primary N) is 1. The van der Waals surface area contributed by atoms with Crippen molar-refractivity contribution in [1.82, 2.24) is 13.9 Å². The van der Waals surface area contributed by atoms with Gasteiger partial charge in [0.1, 0.15) is 0 Å². The van der Waals surface area contributed by atoms with Crippen LogP contribution in [0, 0.1) is 0 Å². The van der Waals surface area contributed by atoms with Crippen molar-refractivity contribution in [2.45, 2.75) is 26.7 Å². The Morgan fingerprint density at radius 2 is 1.72 bits per heavy atom. The average molecular weight is 280 g/mol. The molecule has 3 N–H and O–H groups in total. The van der Waals surface area contributed by atoms with E-state index < -0.39 is 10.2 Å². The summed E-state index contributed by atoms with van der Waals surface area (Å²) >= 11 is 0. The molecule has 0 aromatic carbocycles. The van der Waals surface area contributed by atoms with E-state index >= 15 is 0 Å². The van der Waals surface area contributed by atoms with Crippen molar-refractivity contribution in [2.75, 3.05) is 46.3 Å². The molecule has 0 aliphatic heterocycles. The summed E-state index contributed by atoms with van der Waals surface area (Å²) in [5.74, 6) is 0. The summed E-state index contributed by atoms with van der Waals surface area (Å²) in [6, 6.07) is 0. The molecule has 0 aromatic heterocycles. The first-order valence-electron chi connectivity index (χ1n) is 6.61. The zero-order valence-corrected chi connectivity index (χ0v) is 12.7. The first kappa shape index (κ1) is 17.8. The molecule has 0 saturated carbocycles. The maximum Gasteiger partial charge on any atom is 0.279 e. The van der Waals surface area contributed by atoms with Gasteiger partial charge in [0.2, 0.25) is 0 Å². The zero-order valence-electron chi connectivity index (χ0n) is 11.9. The van der Waals surface area contributed by atoms with Crippen LogP contribution in [0.3, 0.4) is 0 Å². The fourth-order valence-corrected chi connectivity index (χ4v) is 2.58. The molecule has 110 valence electrons. The van der Waals surface area contributed by atoms with Crippen LogP contribution in [-0.2, 0) is 10.2 Å². The van der Waals surface area contributed by atoms with Gasteiger partial charge in [-0.05, 0) is 39.0 Å². The molecular weight excluding hydrogens is 252 g/mol. The summed E-state index contributed by atoms with van der Waals surface area (Å²) in [5.41, 5.74) is 5.36. The molecule has 0 aliphatic rings. The monoisotopic (exact) mass is 280 g/mol. The lowest BCUT2D eigenvalue weighted by Crippen LogP contribution is -2.40. The van der Waals surface area contributed by atoms with Gasteiger partial charge >= 0.3 is 0 Å². The third kappa shape index (κ3) is 7.27. The van der Waals surface area contributed by atoms with Crippen molar-refractivity contribution in [3.63, 3.8) is 0 Å². The largest absolute Gasteiger partial charge is 0.330 e. The molecule has 0 bridgehead atoms. The zero-order chi connectivity index (χ0) is 14.0. The summed E-state index contributed by atoms with van der Waals surface area (Å²) < 4.78 is 27.5. The van der Waals surface area contributed by atoms with Crippen LogP contribution < -0.4 is 10.5 Å². The molecule has 0 atom stereocenters. The summed E-state index contributed by atoms with van der Waals surface area (Å²) in [6.45, 7) is 8.57. The molecule has 0 amide bonds. The fourth-order valence-electron chi connectivity index (χ4n) is 1.59. The van der Waals surface area contributed by atoms with Crippen molar-refractivity contribution in [3.8, 4) is 0 Å². The van der Waals surface area contributed by atoms with Gasteiger partial charge < -0.3 is 10.6 Å². The third-order valence-corrected chi connectivity index (χ3v) is 4.49. The van der Waals surface area contributed by atoms with Gasteiger partial charge in [0.15, 0.2) is 0 Å². The molecule has 0 spiro atoms. The molecular formula is C11H28N4O2S. The Bertz CT molecular complexity index is 291. The minimum atomic E-state index is -3.33. The smallest absolute Gasteiger partial charge is 0.279 e. The molecule has 0 rings (SSSR count). The van der Waals surface area contributed by atoms with Crippen LogP contribution in [0.25, 0.3) is 0 Å². The standard InChI is InChI=1S/C11H28N4O2S/c1-4-15(5-2)11-7-9-13-18(16,17)14(3)10-6-8-12/h13H,4-12H2,1-3H3. The molecule has 0 radical (unpaired) electrons. The second kappa shape index (κ2) is 9.69. The topological polar surface area (TPSA) is 78.7 Å². The van der Waals surface area contributed by atoms with E-state index in [4.69, 9.17) is 5.73 Å². The van der Waals surface area contributed by atoms with E-state index in [9.17, 15) is 8.42 Å². The Labute approximate surface area is 112 Å². The van der Waals surface area contributed by atoms with E-state index in [0.717, 1.165) is 26.1 Å². The Kier molecular flexibility index (Phi) is 9.57. The minimum Gasteiger partial charge on any atom is -0.330 e. The summed E-state index contributed by atoms with van der Waals surface area (Å²) in [6.07, 6.45) is 1.50. The summed E-state index contributed by atoms with van der Waals surface area (Å²) in [4.78, 5) is 2.27. The third-order valence-electron chi connectivity index (χ3n) is 2.92. The van der Waals surface area contributed by atoms with E-state index in [2.05, 4.69) is 23.5 Å². The van der Waals surface area contributed by atoms with Gasteiger partial charge in [-0.1, -0.05) is 13.8 Å². The average Bonchev–Trinajstić information content (AvgIpc) is 2.36. The quantitative estimate of drug-likeness (QED) is 0.515. The minimum absolute atomic E-state index is 0.460. The van der Waals surface area contributed by atoms with Crippen LogP contribution in [0.15, 0.2) is 0 Å². The van der Waals surface area contributed by atoms with E-state index in [-0.39, 0.29) is 0 Å². The van der Waals surface area contributed by atoms with E-state index in [1.165, 1.54) is 4.31 Å². The van der Waals surface area contributed by atoms with E-state index in [1.807, 2.05) is 0 Å². The number of rotatable bonds is 11. The fraction of sp³-hybridized carbons (Fsp3) is 1.00. The van der Waals surface area contributed by atoms with Gasteiger partial charge in [0.05, 0.1) is 0 Å². The Hall–Kier alpha value is -0.210. The Morgan fingerprint density at radius 3 is 2.22 bits per heavy atom. The van der Waals surface area contributed by atoms with Gasteiger partial charge in [0, 0.05) is 20.1 Å². The van der Waals surface area contributed by atoms with Crippen LogP contribution in [0.5, 0.6) is 0 Å². The summed E-state index contributed by atoms with van der Waals surface area (Å²) in [7, 11) is -1.76. The van der Waals surface area contributed by atoms with E-state index in [1.54, 1.807) is 7.05 Å².